The summed E-state index contributed by atoms with van der Waals surface area (Å²) in [5.41, 5.74) is 1.46. The van der Waals surface area contributed by atoms with Gasteiger partial charge in [-0.3, -0.25) is 0 Å². The molecular weight excluding hydrogens is 152 g/mol. The summed E-state index contributed by atoms with van der Waals surface area (Å²) in [6, 6.07) is 0. The molecule has 0 unspecified atom stereocenters. The molecule has 0 fully saturated rings. The summed E-state index contributed by atoms with van der Waals surface area (Å²) < 4.78 is 0. The fourth-order valence-electron chi connectivity index (χ4n) is 0.293. The third-order valence-corrected chi connectivity index (χ3v) is 1.38. The average Bonchev–Trinajstić information content (AvgIpc) is 1.68. The first kappa shape index (κ1) is 7.22. The summed E-state index contributed by atoms with van der Waals surface area (Å²) in [6.07, 6.45) is 3.32. The van der Waals surface area contributed by atoms with Crippen LogP contribution >= 0.6 is 15.9 Å². The largest absolute Gasteiger partial charge is 0.0925 e. The van der Waals surface area contributed by atoms with Crippen molar-refractivity contribution in [3.8, 4) is 0 Å². The van der Waals surface area contributed by atoms with Crippen LogP contribution in [0.3, 0.4) is 0 Å². The highest BCUT2D eigenvalue weighted by Gasteiger charge is 1.80. The summed E-state index contributed by atoms with van der Waals surface area (Å²) in [5, 5.41) is 1.09. The highest BCUT2D eigenvalue weighted by Crippen LogP contribution is 2.00. The Labute approximate surface area is 53.7 Å². The molecule has 0 saturated carbocycles. The summed E-state index contributed by atoms with van der Waals surface area (Å²) >= 11 is 3.35. The van der Waals surface area contributed by atoms with E-state index in [0.717, 1.165) is 5.33 Å². The minimum absolute atomic E-state index is 1.09. The minimum Gasteiger partial charge on any atom is -0.0925 e. The molecule has 0 spiro atoms. The van der Waals surface area contributed by atoms with E-state index >= 15 is 0 Å². The number of rotatable bonds is 2. The summed E-state index contributed by atoms with van der Waals surface area (Å²) in [5.74, 6) is 0. The lowest BCUT2D eigenvalue weighted by Gasteiger charge is -1.89. The molecule has 0 aromatic carbocycles. The van der Waals surface area contributed by atoms with Crippen molar-refractivity contribution in [2.24, 2.45) is 0 Å². The first-order valence-electron chi connectivity index (χ1n) is 2.49. The molecule has 0 heterocycles. The van der Waals surface area contributed by atoms with Crippen LogP contribution in [0.5, 0.6) is 0 Å². The smallest absolute Gasteiger partial charge is 0.00684 e. The van der Waals surface area contributed by atoms with Crippen LogP contribution in [0.1, 0.15) is 20.3 Å². The molecule has 0 saturated heterocycles. The molecule has 0 aliphatic rings. The van der Waals surface area contributed by atoms with Gasteiger partial charge in [-0.25, -0.2) is 0 Å². The number of alkyl halides is 1. The Kier molecular flexibility index (Phi) is 4.52. The predicted octanol–water partition coefficient (Wildman–Crippen LogP) is 2.74. The van der Waals surface area contributed by atoms with Gasteiger partial charge < -0.3 is 0 Å². The monoisotopic (exact) mass is 162 g/mol. The highest BCUT2D eigenvalue weighted by atomic mass is 79.9. The topological polar surface area (TPSA) is 0 Å². The van der Waals surface area contributed by atoms with Gasteiger partial charge in [0.05, 0.1) is 0 Å². The maximum Gasteiger partial charge on any atom is 0.00684 e. The lowest BCUT2D eigenvalue weighted by molar-refractivity contribution is 1.12. The zero-order chi connectivity index (χ0) is 5.70. The normalized spacial score (nSPS) is 12.1. The molecule has 1 heteroatoms. The molecule has 0 nitrogen and oxygen atoms in total. The van der Waals surface area contributed by atoms with Crippen LogP contribution in [-0.2, 0) is 0 Å². The third-order valence-electron chi connectivity index (χ3n) is 0.982. The van der Waals surface area contributed by atoms with E-state index in [2.05, 4.69) is 35.9 Å². The Morgan fingerprint density at radius 3 is 2.43 bits per heavy atom. The Morgan fingerprint density at radius 2 is 2.29 bits per heavy atom. The van der Waals surface area contributed by atoms with Crippen LogP contribution in [0, 0.1) is 0 Å². The van der Waals surface area contributed by atoms with Crippen LogP contribution in [-0.4, -0.2) is 5.33 Å². The Balaban J connectivity index is 3.17. The SMILES string of the molecule is CC=C(C)CCBr. The molecule has 0 aliphatic carbocycles. The van der Waals surface area contributed by atoms with Crippen LogP contribution in [0.4, 0.5) is 0 Å². The average molecular weight is 163 g/mol. The molecule has 0 amide bonds. The van der Waals surface area contributed by atoms with Crippen molar-refractivity contribution in [3.05, 3.63) is 11.6 Å². The second-order valence-corrected chi connectivity index (χ2v) is 2.37. The molecule has 0 radical (unpaired) electrons. The van der Waals surface area contributed by atoms with Gasteiger partial charge in [0.15, 0.2) is 0 Å². The molecule has 7 heavy (non-hydrogen) atoms. The first-order valence-corrected chi connectivity index (χ1v) is 3.61. The molecule has 0 aromatic rings. The van der Waals surface area contributed by atoms with Crippen molar-refractivity contribution in [1.29, 1.82) is 0 Å². The van der Waals surface area contributed by atoms with Gasteiger partial charge in [0.2, 0.25) is 0 Å². The summed E-state index contributed by atoms with van der Waals surface area (Å²) in [4.78, 5) is 0. The molecule has 0 rings (SSSR count). The lowest BCUT2D eigenvalue weighted by Crippen LogP contribution is -1.74. The Morgan fingerprint density at radius 1 is 1.71 bits per heavy atom. The van der Waals surface area contributed by atoms with E-state index in [9.17, 15) is 0 Å². The van der Waals surface area contributed by atoms with Crippen LogP contribution < -0.4 is 0 Å². The van der Waals surface area contributed by atoms with Gasteiger partial charge in [-0.05, 0) is 20.3 Å². The third kappa shape index (κ3) is 4.07. The second-order valence-electron chi connectivity index (χ2n) is 1.57. The number of hydrogen-bond donors (Lipinski definition) is 0. The van der Waals surface area contributed by atoms with Gasteiger partial charge in [-0.2, -0.15) is 0 Å². The number of halogens is 1. The molecule has 0 aromatic heterocycles. The molecular formula is C6H11Br. The van der Waals surface area contributed by atoms with E-state index < -0.39 is 0 Å². The van der Waals surface area contributed by atoms with E-state index in [-0.39, 0.29) is 0 Å². The standard InChI is InChI=1S/C6H11Br/c1-3-6(2)4-5-7/h3H,4-5H2,1-2H3. The predicted molar refractivity (Wildman–Crippen MR) is 37.8 cm³/mol. The van der Waals surface area contributed by atoms with Gasteiger partial charge in [0, 0.05) is 5.33 Å². The van der Waals surface area contributed by atoms with Crippen molar-refractivity contribution >= 4 is 15.9 Å². The fraction of sp³-hybridized carbons (Fsp3) is 0.667. The van der Waals surface area contributed by atoms with E-state index in [0.29, 0.717) is 0 Å². The van der Waals surface area contributed by atoms with E-state index in [1.54, 1.807) is 0 Å². The van der Waals surface area contributed by atoms with Crippen molar-refractivity contribution < 1.29 is 0 Å². The maximum absolute atomic E-state index is 3.35. The van der Waals surface area contributed by atoms with Gasteiger partial charge in [-0.15, -0.1) is 0 Å². The fourth-order valence-corrected chi connectivity index (χ4v) is 0.919. The van der Waals surface area contributed by atoms with Crippen molar-refractivity contribution in [1.82, 2.24) is 0 Å². The van der Waals surface area contributed by atoms with Crippen LogP contribution in [0.15, 0.2) is 11.6 Å². The van der Waals surface area contributed by atoms with Gasteiger partial charge >= 0.3 is 0 Å². The highest BCUT2D eigenvalue weighted by molar-refractivity contribution is 9.09. The van der Waals surface area contributed by atoms with E-state index in [1.807, 2.05) is 0 Å². The molecule has 0 N–H and O–H groups in total. The number of hydrogen-bond acceptors (Lipinski definition) is 0. The van der Waals surface area contributed by atoms with Gasteiger partial charge in [0.25, 0.3) is 0 Å². The second kappa shape index (κ2) is 4.38. The van der Waals surface area contributed by atoms with Crippen LogP contribution in [0.25, 0.3) is 0 Å². The maximum atomic E-state index is 3.35. The van der Waals surface area contributed by atoms with E-state index in [4.69, 9.17) is 0 Å². The Hall–Kier alpha value is 0.220. The van der Waals surface area contributed by atoms with Crippen molar-refractivity contribution in [3.63, 3.8) is 0 Å². The minimum atomic E-state index is 1.09. The van der Waals surface area contributed by atoms with Gasteiger partial charge in [0.1, 0.15) is 0 Å². The lowest BCUT2D eigenvalue weighted by atomic mass is 10.2. The van der Waals surface area contributed by atoms with Crippen LogP contribution in [0.2, 0.25) is 0 Å². The first-order chi connectivity index (χ1) is 3.31. The zero-order valence-corrected chi connectivity index (χ0v) is 6.46. The summed E-state index contributed by atoms with van der Waals surface area (Å²) in [6.45, 7) is 4.21. The molecule has 0 aliphatic heterocycles. The van der Waals surface area contributed by atoms with Crippen molar-refractivity contribution in [2.45, 2.75) is 20.3 Å². The zero-order valence-electron chi connectivity index (χ0n) is 4.87. The summed E-state index contributed by atoms with van der Waals surface area (Å²) in [7, 11) is 0. The molecule has 0 bridgehead atoms. The van der Waals surface area contributed by atoms with E-state index in [1.165, 1.54) is 12.0 Å². The molecule has 42 valence electrons. The van der Waals surface area contributed by atoms with Gasteiger partial charge in [-0.1, -0.05) is 27.6 Å². The molecule has 0 atom stereocenters. The quantitative estimate of drug-likeness (QED) is 0.433. The Bertz CT molecular complexity index is 64.6. The van der Waals surface area contributed by atoms with Crippen molar-refractivity contribution in [2.75, 3.05) is 5.33 Å². The number of allylic oxidation sites excluding steroid dienone is 2.